The zero-order chi connectivity index (χ0) is 18.0. The fourth-order valence-corrected chi connectivity index (χ4v) is 2.36. The maximum atomic E-state index is 12.3. The number of hydrogen-bond donors (Lipinski definition) is 1. The van der Waals surface area contributed by atoms with Gasteiger partial charge in [0.2, 0.25) is 0 Å². The van der Waals surface area contributed by atoms with Crippen molar-refractivity contribution in [3.05, 3.63) is 69.8 Å². The molecule has 1 N–H and O–H groups in total. The van der Waals surface area contributed by atoms with Gasteiger partial charge in [-0.05, 0) is 36.8 Å². The molecule has 7 heteroatoms. The number of nitrogens with zero attached hydrogens (tertiary/aromatic N) is 1. The third-order valence-electron chi connectivity index (χ3n) is 3.63. The molecule has 1 aromatic carbocycles. The first-order chi connectivity index (χ1) is 12.0. The van der Waals surface area contributed by atoms with Crippen molar-refractivity contribution in [3.8, 4) is 0 Å². The number of hydrogen-bond acceptors (Lipinski definition) is 6. The number of pyridine rings is 1. The smallest absolute Gasteiger partial charge is 0.339 e. The molecule has 0 aliphatic heterocycles. The van der Waals surface area contributed by atoms with E-state index < -0.39 is 17.5 Å². The molecule has 0 radical (unpaired) electrons. The molecule has 3 rings (SSSR count). The van der Waals surface area contributed by atoms with E-state index in [1.165, 1.54) is 31.5 Å². The van der Waals surface area contributed by atoms with Gasteiger partial charge in [-0.15, -0.1) is 0 Å². The molecule has 0 atom stereocenters. The van der Waals surface area contributed by atoms with Gasteiger partial charge in [-0.1, -0.05) is 0 Å². The topological polar surface area (TPSA) is 98.5 Å². The maximum absolute atomic E-state index is 12.3. The second kappa shape index (κ2) is 6.56. The lowest BCUT2D eigenvalue weighted by atomic mass is 10.1. The van der Waals surface area contributed by atoms with Gasteiger partial charge in [-0.25, -0.2) is 9.59 Å². The van der Waals surface area contributed by atoms with Crippen molar-refractivity contribution < 1.29 is 18.7 Å². The number of aromatic nitrogens is 1. The van der Waals surface area contributed by atoms with Crippen molar-refractivity contribution in [1.29, 1.82) is 0 Å². The quantitative estimate of drug-likeness (QED) is 0.582. The highest BCUT2D eigenvalue weighted by Crippen LogP contribution is 2.21. The van der Waals surface area contributed by atoms with Crippen LogP contribution >= 0.6 is 0 Å². The normalized spacial score (nSPS) is 10.5. The lowest BCUT2D eigenvalue weighted by molar-refractivity contribution is 0.0600. The van der Waals surface area contributed by atoms with E-state index in [0.717, 1.165) is 10.9 Å². The molecular formula is C18H14N2O5. The third kappa shape index (κ3) is 3.40. The maximum Gasteiger partial charge on any atom is 0.339 e. The zero-order valence-corrected chi connectivity index (χ0v) is 13.5. The van der Waals surface area contributed by atoms with E-state index in [1.54, 1.807) is 18.2 Å². The number of fused-ring (bicyclic) bond motifs is 1. The molecule has 3 aromatic rings. The number of methoxy groups -OCH3 is 1. The van der Waals surface area contributed by atoms with Crippen LogP contribution in [0.3, 0.4) is 0 Å². The molecule has 0 saturated heterocycles. The van der Waals surface area contributed by atoms with Crippen LogP contribution in [-0.2, 0) is 4.74 Å². The summed E-state index contributed by atoms with van der Waals surface area (Å²) in [5, 5.41) is 3.46. The van der Waals surface area contributed by atoms with Crippen LogP contribution < -0.4 is 10.9 Å². The van der Waals surface area contributed by atoms with Gasteiger partial charge in [0.1, 0.15) is 11.3 Å². The standard InChI is InChI=1S/C18H14N2O5/c1-10-7-16(21)25-15-8-12(4-5-13(10)15)20-17(22)14-6-3-11(9-19-14)18(23)24-2/h3-9H,1-2H3,(H,20,22). The highest BCUT2D eigenvalue weighted by molar-refractivity contribution is 6.04. The highest BCUT2D eigenvalue weighted by atomic mass is 16.5. The predicted molar refractivity (Wildman–Crippen MR) is 90.8 cm³/mol. The molecule has 7 nitrogen and oxygen atoms in total. The minimum Gasteiger partial charge on any atom is -0.465 e. The number of carbonyl (C=O) groups excluding carboxylic acids is 2. The van der Waals surface area contributed by atoms with Crippen LogP contribution in [0.1, 0.15) is 26.4 Å². The van der Waals surface area contributed by atoms with Crippen LogP contribution in [-0.4, -0.2) is 24.0 Å². The van der Waals surface area contributed by atoms with E-state index in [4.69, 9.17) is 4.42 Å². The summed E-state index contributed by atoms with van der Waals surface area (Å²) in [6.45, 7) is 1.81. The van der Waals surface area contributed by atoms with Crippen molar-refractivity contribution >= 4 is 28.5 Å². The number of benzene rings is 1. The zero-order valence-electron chi connectivity index (χ0n) is 13.5. The number of ether oxygens (including phenoxy) is 1. The first-order valence-electron chi connectivity index (χ1n) is 7.38. The number of carbonyl (C=O) groups is 2. The Morgan fingerprint density at radius 3 is 2.64 bits per heavy atom. The van der Waals surface area contributed by atoms with Gasteiger partial charge >= 0.3 is 11.6 Å². The largest absolute Gasteiger partial charge is 0.465 e. The van der Waals surface area contributed by atoms with Gasteiger partial charge in [0.05, 0.1) is 12.7 Å². The fraction of sp³-hybridized carbons (Fsp3) is 0.111. The molecule has 126 valence electrons. The van der Waals surface area contributed by atoms with Crippen LogP contribution in [0.15, 0.2) is 51.8 Å². The average Bonchev–Trinajstić information content (AvgIpc) is 2.60. The van der Waals surface area contributed by atoms with E-state index in [-0.39, 0.29) is 11.3 Å². The van der Waals surface area contributed by atoms with E-state index in [0.29, 0.717) is 11.3 Å². The predicted octanol–water partition coefficient (Wildman–Crippen LogP) is 2.54. The molecule has 0 spiro atoms. The molecular weight excluding hydrogens is 324 g/mol. The molecule has 1 amide bonds. The Hall–Kier alpha value is -3.48. The van der Waals surface area contributed by atoms with E-state index >= 15 is 0 Å². The van der Waals surface area contributed by atoms with Crippen LogP contribution in [0.4, 0.5) is 5.69 Å². The van der Waals surface area contributed by atoms with Crippen molar-refractivity contribution in [2.45, 2.75) is 6.92 Å². The number of rotatable bonds is 3. The molecule has 0 unspecified atom stereocenters. The fourth-order valence-electron chi connectivity index (χ4n) is 2.36. The summed E-state index contributed by atoms with van der Waals surface area (Å²) < 4.78 is 9.73. The lowest BCUT2D eigenvalue weighted by Gasteiger charge is -2.07. The van der Waals surface area contributed by atoms with E-state index in [2.05, 4.69) is 15.0 Å². The van der Waals surface area contributed by atoms with Crippen molar-refractivity contribution in [2.24, 2.45) is 0 Å². The lowest BCUT2D eigenvalue weighted by Crippen LogP contribution is -2.14. The summed E-state index contributed by atoms with van der Waals surface area (Å²) in [5.74, 6) is -0.981. The number of aryl methyl sites for hydroxylation is 1. The van der Waals surface area contributed by atoms with E-state index in [9.17, 15) is 14.4 Å². The number of anilines is 1. The summed E-state index contributed by atoms with van der Waals surface area (Å²) in [5.41, 5.74) is 1.58. The minimum atomic E-state index is -0.528. The summed E-state index contributed by atoms with van der Waals surface area (Å²) in [7, 11) is 1.27. The summed E-state index contributed by atoms with van der Waals surface area (Å²) in [6, 6.07) is 9.33. The van der Waals surface area contributed by atoms with Gasteiger partial charge in [-0.3, -0.25) is 9.78 Å². The molecule has 0 aliphatic carbocycles. The van der Waals surface area contributed by atoms with Crippen molar-refractivity contribution in [1.82, 2.24) is 4.98 Å². The summed E-state index contributed by atoms with van der Waals surface area (Å²) >= 11 is 0. The average molecular weight is 338 g/mol. The van der Waals surface area contributed by atoms with Crippen molar-refractivity contribution in [2.75, 3.05) is 12.4 Å². The summed E-state index contributed by atoms with van der Waals surface area (Å²) in [6.07, 6.45) is 1.27. The molecule has 0 fully saturated rings. The van der Waals surface area contributed by atoms with Crippen LogP contribution in [0.25, 0.3) is 11.0 Å². The molecule has 0 saturated carbocycles. The molecule has 0 aliphatic rings. The first kappa shape index (κ1) is 16.4. The molecule has 0 bridgehead atoms. The van der Waals surface area contributed by atoms with Gasteiger partial charge in [0, 0.05) is 29.4 Å². The SMILES string of the molecule is COC(=O)c1ccc(C(=O)Nc2ccc3c(C)cc(=O)oc3c2)nc1. The van der Waals surface area contributed by atoms with Crippen LogP contribution in [0.2, 0.25) is 0 Å². The molecule has 2 aromatic heterocycles. The Kier molecular flexibility index (Phi) is 4.30. The Bertz CT molecular complexity index is 1020. The number of amides is 1. The van der Waals surface area contributed by atoms with Gasteiger partial charge in [-0.2, -0.15) is 0 Å². The molecule has 25 heavy (non-hydrogen) atoms. The van der Waals surface area contributed by atoms with Gasteiger partial charge in [0.25, 0.3) is 5.91 Å². The van der Waals surface area contributed by atoms with Crippen LogP contribution in [0.5, 0.6) is 0 Å². The minimum absolute atomic E-state index is 0.137. The second-order valence-electron chi connectivity index (χ2n) is 5.34. The number of esters is 1. The number of nitrogens with one attached hydrogen (secondary N) is 1. The monoisotopic (exact) mass is 338 g/mol. The first-order valence-corrected chi connectivity index (χ1v) is 7.38. The Labute approximate surface area is 142 Å². The van der Waals surface area contributed by atoms with E-state index in [1.807, 2.05) is 6.92 Å². The highest BCUT2D eigenvalue weighted by Gasteiger charge is 2.11. The Balaban J connectivity index is 1.84. The van der Waals surface area contributed by atoms with Gasteiger partial charge < -0.3 is 14.5 Å². The Morgan fingerprint density at radius 2 is 1.96 bits per heavy atom. The summed E-state index contributed by atoms with van der Waals surface area (Å²) in [4.78, 5) is 39.0. The Morgan fingerprint density at radius 1 is 1.16 bits per heavy atom. The second-order valence-corrected chi connectivity index (χ2v) is 5.34. The third-order valence-corrected chi connectivity index (χ3v) is 3.63. The van der Waals surface area contributed by atoms with Gasteiger partial charge in [0.15, 0.2) is 0 Å². The molecule has 2 heterocycles. The van der Waals surface area contributed by atoms with Crippen molar-refractivity contribution in [3.63, 3.8) is 0 Å². The van der Waals surface area contributed by atoms with Crippen LogP contribution in [0, 0.1) is 6.92 Å².